The number of aromatic nitrogens is 2. The number of aryl methyl sites for hydroxylation is 1. The van der Waals surface area contributed by atoms with Gasteiger partial charge in [-0.2, -0.15) is 0 Å². The quantitative estimate of drug-likeness (QED) is 0.615. The fourth-order valence-electron chi connectivity index (χ4n) is 4.75. The van der Waals surface area contributed by atoms with Crippen LogP contribution in [0, 0.1) is 0 Å². The Bertz CT molecular complexity index is 1050. The average molecular weight is 419 g/mol. The van der Waals surface area contributed by atoms with Crippen molar-refractivity contribution in [2.45, 2.75) is 32.2 Å². The normalized spacial score (nSPS) is 20.1. The van der Waals surface area contributed by atoms with Crippen molar-refractivity contribution in [1.82, 2.24) is 14.5 Å². The van der Waals surface area contributed by atoms with Crippen molar-refractivity contribution >= 4 is 22.6 Å². The standard InChI is InChI=1S/C25H30N4O2/c1-2-19-7-9-21(10-8-19)29-18-20(17-24(29)30)25-26-22-5-3-4-6-23(22)28(25)12-11-27-13-15-31-16-14-27/h3-10,20H,2,11-18H2,1H3/t20-/m0/s1. The van der Waals surface area contributed by atoms with E-state index in [2.05, 4.69) is 58.9 Å². The molecular weight excluding hydrogens is 388 g/mol. The largest absolute Gasteiger partial charge is 0.379 e. The summed E-state index contributed by atoms with van der Waals surface area (Å²) in [7, 11) is 0. The zero-order chi connectivity index (χ0) is 21.2. The molecule has 0 spiro atoms. The summed E-state index contributed by atoms with van der Waals surface area (Å²) >= 11 is 0. The van der Waals surface area contributed by atoms with Gasteiger partial charge >= 0.3 is 0 Å². The number of fused-ring (bicyclic) bond motifs is 1. The molecular formula is C25H30N4O2. The number of hydrogen-bond donors (Lipinski definition) is 0. The number of imidazole rings is 1. The summed E-state index contributed by atoms with van der Waals surface area (Å²) in [5.74, 6) is 1.33. The lowest BCUT2D eigenvalue weighted by atomic mass is 10.1. The van der Waals surface area contributed by atoms with Crippen LogP contribution in [0.5, 0.6) is 0 Å². The molecule has 3 aromatic rings. The highest BCUT2D eigenvalue weighted by molar-refractivity contribution is 5.96. The van der Waals surface area contributed by atoms with E-state index in [9.17, 15) is 4.79 Å². The van der Waals surface area contributed by atoms with Crippen molar-refractivity contribution in [3.05, 3.63) is 59.9 Å². The van der Waals surface area contributed by atoms with Crippen LogP contribution >= 0.6 is 0 Å². The Morgan fingerprint density at radius 1 is 1.03 bits per heavy atom. The van der Waals surface area contributed by atoms with E-state index < -0.39 is 0 Å². The van der Waals surface area contributed by atoms with Crippen LogP contribution in [-0.4, -0.2) is 59.8 Å². The molecule has 1 amide bonds. The molecule has 0 N–H and O–H groups in total. The maximum absolute atomic E-state index is 12.9. The molecule has 1 aromatic heterocycles. The minimum absolute atomic E-state index is 0.107. The summed E-state index contributed by atoms with van der Waals surface area (Å²) in [6, 6.07) is 16.7. The molecule has 2 aliphatic rings. The van der Waals surface area contributed by atoms with Crippen LogP contribution in [-0.2, 0) is 22.5 Å². The molecule has 0 saturated carbocycles. The number of morpholine rings is 1. The zero-order valence-electron chi connectivity index (χ0n) is 18.2. The lowest BCUT2D eigenvalue weighted by molar-refractivity contribution is -0.117. The van der Waals surface area contributed by atoms with E-state index in [0.29, 0.717) is 13.0 Å². The van der Waals surface area contributed by atoms with E-state index in [0.717, 1.165) is 68.4 Å². The molecule has 0 aliphatic carbocycles. The molecule has 6 heteroatoms. The van der Waals surface area contributed by atoms with E-state index in [1.54, 1.807) is 0 Å². The first-order valence-electron chi connectivity index (χ1n) is 11.4. The van der Waals surface area contributed by atoms with Crippen molar-refractivity contribution in [2.24, 2.45) is 0 Å². The molecule has 0 radical (unpaired) electrons. The number of rotatable bonds is 6. The van der Waals surface area contributed by atoms with Gasteiger partial charge in [0, 0.05) is 50.7 Å². The van der Waals surface area contributed by atoms with Gasteiger partial charge < -0.3 is 14.2 Å². The predicted octanol–water partition coefficient (Wildman–Crippen LogP) is 3.45. The van der Waals surface area contributed by atoms with Crippen LogP contribution in [0.1, 0.15) is 30.7 Å². The van der Waals surface area contributed by atoms with Gasteiger partial charge in [-0.3, -0.25) is 9.69 Å². The first-order valence-corrected chi connectivity index (χ1v) is 11.4. The number of nitrogens with zero attached hydrogens (tertiary/aromatic N) is 4. The van der Waals surface area contributed by atoms with Crippen molar-refractivity contribution in [3.63, 3.8) is 0 Å². The van der Waals surface area contributed by atoms with Crippen LogP contribution < -0.4 is 4.90 Å². The van der Waals surface area contributed by atoms with Gasteiger partial charge in [-0.05, 0) is 36.2 Å². The molecule has 2 aromatic carbocycles. The SMILES string of the molecule is CCc1ccc(N2C[C@@H](c3nc4ccccc4n3CCN3CCOCC3)CC2=O)cc1. The second kappa shape index (κ2) is 8.81. The Labute approximate surface area is 183 Å². The molecule has 6 nitrogen and oxygen atoms in total. The van der Waals surface area contributed by atoms with Crippen LogP contribution in [0.15, 0.2) is 48.5 Å². The highest BCUT2D eigenvalue weighted by Crippen LogP contribution is 2.33. The monoisotopic (exact) mass is 418 g/mol. The van der Waals surface area contributed by atoms with Gasteiger partial charge in [0.25, 0.3) is 0 Å². The van der Waals surface area contributed by atoms with Crippen molar-refractivity contribution in [2.75, 3.05) is 44.3 Å². The Hall–Kier alpha value is -2.70. The lowest BCUT2D eigenvalue weighted by Gasteiger charge is -2.27. The van der Waals surface area contributed by atoms with Gasteiger partial charge in [-0.1, -0.05) is 31.2 Å². The number of carbonyl (C=O) groups is 1. The van der Waals surface area contributed by atoms with Crippen LogP contribution in [0.3, 0.4) is 0 Å². The number of ether oxygens (including phenoxy) is 1. The first-order chi connectivity index (χ1) is 15.2. The third kappa shape index (κ3) is 4.10. The topological polar surface area (TPSA) is 50.6 Å². The molecule has 162 valence electrons. The zero-order valence-corrected chi connectivity index (χ0v) is 18.2. The maximum atomic E-state index is 12.9. The fourth-order valence-corrected chi connectivity index (χ4v) is 4.75. The Morgan fingerprint density at radius 2 is 1.81 bits per heavy atom. The summed E-state index contributed by atoms with van der Waals surface area (Å²) in [5, 5.41) is 0. The van der Waals surface area contributed by atoms with Gasteiger partial charge in [0.05, 0.1) is 24.2 Å². The number of para-hydroxylation sites is 2. The fraction of sp³-hybridized carbons (Fsp3) is 0.440. The molecule has 1 atom stereocenters. The highest BCUT2D eigenvalue weighted by Gasteiger charge is 2.34. The Balaban J connectivity index is 1.40. The Morgan fingerprint density at radius 3 is 2.58 bits per heavy atom. The molecule has 2 saturated heterocycles. The minimum Gasteiger partial charge on any atom is -0.379 e. The predicted molar refractivity (Wildman–Crippen MR) is 123 cm³/mol. The van der Waals surface area contributed by atoms with Crippen molar-refractivity contribution in [3.8, 4) is 0 Å². The summed E-state index contributed by atoms with van der Waals surface area (Å²) in [6.07, 6.45) is 1.51. The van der Waals surface area contributed by atoms with Crippen LogP contribution in [0.4, 0.5) is 5.69 Å². The molecule has 2 fully saturated rings. The second-order valence-electron chi connectivity index (χ2n) is 8.49. The number of anilines is 1. The van der Waals surface area contributed by atoms with E-state index in [1.807, 2.05) is 11.0 Å². The average Bonchev–Trinajstić information content (AvgIpc) is 3.39. The molecule has 5 rings (SSSR count). The second-order valence-corrected chi connectivity index (χ2v) is 8.49. The van der Waals surface area contributed by atoms with Gasteiger partial charge in [0.1, 0.15) is 5.82 Å². The number of carbonyl (C=O) groups excluding carboxylic acids is 1. The van der Waals surface area contributed by atoms with Gasteiger partial charge in [-0.25, -0.2) is 4.98 Å². The van der Waals surface area contributed by atoms with Crippen LogP contribution in [0.25, 0.3) is 11.0 Å². The van der Waals surface area contributed by atoms with Gasteiger partial charge in [0.15, 0.2) is 0 Å². The third-order valence-electron chi connectivity index (χ3n) is 6.57. The summed E-state index contributed by atoms with van der Waals surface area (Å²) in [6.45, 7) is 8.25. The van der Waals surface area contributed by atoms with Crippen molar-refractivity contribution in [1.29, 1.82) is 0 Å². The van der Waals surface area contributed by atoms with E-state index in [4.69, 9.17) is 9.72 Å². The van der Waals surface area contributed by atoms with E-state index >= 15 is 0 Å². The molecule has 3 heterocycles. The number of hydrogen-bond acceptors (Lipinski definition) is 4. The van der Waals surface area contributed by atoms with E-state index in [1.165, 1.54) is 5.56 Å². The maximum Gasteiger partial charge on any atom is 0.227 e. The van der Waals surface area contributed by atoms with Gasteiger partial charge in [-0.15, -0.1) is 0 Å². The molecule has 0 bridgehead atoms. The van der Waals surface area contributed by atoms with Gasteiger partial charge in [0.2, 0.25) is 5.91 Å². The summed E-state index contributed by atoms with van der Waals surface area (Å²) in [4.78, 5) is 22.3. The van der Waals surface area contributed by atoms with Crippen molar-refractivity contribution < 1.29 is 9.53 Å². The summed E-state index contributed by atoms with van der Waals surface area (Å²) < 4.78 is 7.83. The highest BCUT2D eigenvalue weighted by atomic mass is 16.5. The summed E-state index contributed by atoms with van der Waals surface area (Å²) in [5.41, 5.74) is 4.44. The minimum atomic E-state index is 0.107. The molecule has 2 aliphatic heterocycles. The number of benzene rings is 2. The van der Waals surface area contributed by atoms with Crippen LogP contribution in [0.2, 0.25) is 0 Å². The Kier molecular flexibility index (Phi) is 5.74. The lowest BCUT2D eigenvalue weighted by Crippen LogP contribution is -2.38. The molecule has 0 unspecified atom stereocenters. The smallest absolute Gasteiger partial charge is 0.227 e. The molecule has 31 heavy (non-hydrogen) atoms. The first kappa shape index (κ1) is 20.2. The third-order valence-corrected chi connectivity index (χ3v) is 6.57. The van der Waals surface area contributed by atoms with E-state index in [-0.39, 0.29) is 11.8 Å². The number of amides is 1.